The lowest BCUT2D eigenvalue weighted by atomic mass is 10.0. The van der Waals surface area contributed by atoms with Crippen LogP contribution in [0.3, 0.4) is 0 Å². The van der Waals surface area contributed by atoms with Crippen LogP contribution in [0.15, 0.2) is 18.2 Å². The highest BCUT2D eigenvalue weighted by atomic mass is 16.5. The fraction of sp³-hybridized carbons (Fsp3) is 0.500. The van der Waals surface area contributed by atoms with Gasteiger partial charge >= 0.3 is 0 Å². The van der Waals surface area contributed by atoms with Crippen LogP contribution >= 0.6 is 0 Å². The molecule has 6 nitrogen and oxygen atoms in total. The number of rotatable bonds is 4. The van der Waals surface area contributed by atoms with Crippen LogP contribution in [0.2, 0.25) is 0 Å². The number of aryl methyl sites for hydroxylation is 2. The van der Waals surface area contributed by atoms with Gasteiger partial charge in [-0.05, 0) is 42.9 Å². The number of methoxy groups -OCH3 is 1. The van der Waals surface area contributed by atoms with E-state index in [9.17, 15) is 4.79 Å². The fourth-order valence-corrected chi connectivity index (χ4v) is 3.76. The van der Waals surface area contributed by atoms with Crippen molar-refractivity contribution in [2.75, 3.05) is 7.11 Å². The van der Waals surface area contributed by atoms with Crippen molar-refractivity contribution in [3.63, 3.8) is 0 Å². The maximum atomic E-state index is 12.7. The number of hydrogen-bond acceptors (Lipinski definition) is 4. The summed E-state index contributed by atoms with van der Waals surface area (Å²) in [6.45, 7) is 1.10. The van der Waals surface area contributed by atoms with Gasteiger partial charge in [0.25, 0.3) is 5.91 Å². The summed E-state index contributed by atoms with van der Waals surface area (Å²) in [6, 6.07) is 6.17. The quantitative estimate of drug-likeness (QED) is 0.928. The summed E-state index contributed by atoms with van der Waals surface area (Å²) in [7, 11) is 1.64. The van der Waals surface area contributed by atoms with Gasteiger partial charge < -0.3 is 10.1 Å². The Labute approximate surface area is 141 Å². The molecule has 0 saturated carbocycles. The molecule has 0 fully saturated rings. The van der Waals surface area contributed by atoms with E-state index in [1.165, 1.54) is 11.1 Å². The Morgan fingerprint density at radius 3 is 3.17 bits per heavy atom. The Morgan fingerprint density at radius 2 is 2.29 bits per heavy atom. The molecule has 2 aliphatic rings. The summed E-state index contributed by atoms with van der Waals surface area (Å²) < 4.78 is 6.99. The smallest absolute Gasteiger partial charge is 0.251 e. The molecular formula is C18H22N4O2. The molecule has 1 aromatic heterocycles. The second-order valence-corrected chi connectivity index (χ2v) is 6.57. The summed E-state index contributed by atoms with van der Waals surface area (Å²) in [5, 5.41) is 7.65. The molecule has 0 spiro atoms. The molecule has 6 heteroatoms. The first-order valence-electron chi connectivity index (χ1n) is 8.58. The number of nitrogens with zero attached hydrogens (tertiary/aromatic N) is 3. The first kappa shape index (κ1) is 15.3. The molecule has 0 radical (unpaired) electrons. The number of nitrogens with one attached hydrogen (secondary N) is 1. The van der Waals surface area contributed by atoms with Gasteiger partial charge in [0, 0.05) is 25.1 Å². The SMILES string of the molecule is COCc1nc2n(n1)CC(NC(=O)c1cccc3c1CCC3)CC2. The molecule has 0 bridgehead atoms. The molecule has 1 aliphatic carbocycles. The number of amides is 1. The van der Waals surface area contributed by atoms with Crippen molar-refractivity contribution in [2.45, 2.75) is 51.3 Å². The monoisotopic (exact) mass is 326 g/mol. The van der Waals surface area contributed by atoms with Gasteiger partial charge in [0.15, 0.2) is 5.82 Å². The third kappa shape index (κ3) is 2.82. The predicted molar refractivity (Wildman–Crippen MR) is 88.8 cm³/mol. The van der Waals surface area contributed by atoms with Crippen LogP contribution < -0.4 is 5.32 Å². The van der Waals surface area contributed by atoms with E-state index < -0.39 is 0 Å². The highest BCUT2D eigenvalue weighted by Gasteiger charge is 2.25. The van der Waals surface area contributed by atoms with Gasteiger partial charge in [0.05, 0.1) is 6.54 Å². The number of fused-ring (bicyclic) bond motifs is 2. The molecule has 1 aromatic carbocycles. The summed E-state index contributed by atoms with van der Waals surface area (Å²) in [5.41, 5.74) is 3.40. The summed E-state index contributed by atoms with van der Waals surface area (Å²) in [4.78, 5) is 17.2. The van der Waals surface area contributed by atoms with E-state index in [0.29, 0.717) is 19.0 Å². The predicted octanol–water partition coefficient (Wildman–Crippen LogP) is 1.66. The van der Waals surface area contributed by atoms with E-state index in [1.807, 2.05) is 16.8 Å². The molecule has 1 aliphatic heterocycles. The van der Waals surface area contributed by atoms with Crippen LogP contribution in [-0.2, 0) is 37.2 Å². The molecule has 2 heterocycles. The molecular weight excluding hydrogens is 304 g/mol. The van der Waals surface area contributed by atoms with E-state index in [-0.39, 0.29) is 11.9 Å². The molecule has 1 atom stereocenters. The maximum Gasteiger partial charge on any atom is 0.251 e. The minimum atomic E-state index is 0.0411. The van der Waals surface area contributed by atoms with E-state index in [2.05, 4.69) is 21.5 Å². The van der Waals surface area contributed by atoms with Crippen LogP contribution in [0.4, 0.5) is 0 Å². The second kappa shape index (κ2) is 6.36. The number of ether oxygens (including phenoxy) is 1. The van der Waals surface area contributed by atoms with Crippen LogP contribution in [0.25, 0.3) is 0 Å². The van der Waals surface area contributed by atoms with Crippen molar-refractivity contribution >= 4 is 5.91 Å². The van der Waals surface area contributed by atoms with E-state index in [0.717, 1.165) is 43.5 Å². The van der Waals surface area contributed by atoms with E-state index in [1.54, 1.807) is 7.11 Å². The fourth-order valence-electron chi connectivity index (χ4n) is 3.76. The Morgan fingerprint density at radius 1 is 1.38 bits per heavy atom. The first-order valence-corrected chi connectivity index (χ1v) is 8.58. The Hall–Kier alpha value is -2.21. The lowest BCUT2D eigenvalue weighted by Crippen LogP contribution is -2.41. The lowest BCUT2D eigenvalue weighted by molar-refractivity contribution is 0.0925. The summed E-state index contributed by atoms with van der Waals surface area (Å²) in [5.74, 6) is 1.73. The molecule has 2 aromatic rings. The van der Waals surface area contributed by atoms with E-state index >= 15 is 0 Å². The van der Waals surface area contributed by atoms with Crippen molar-refractivity contribution in [1.29, 1.82) is 0 Å². The van der Waals surface area contributed by atoms with Gasteiger partial charge in [-0.2, -0.15) is 5.10 Å². The highest BCUT2D eigenvalue weighted by Crippen LogP contribution is 2.25. The molecule has 4 rings (SSSR count). The van der Waals surface area contributed by atoms with Gasteiger partial charge in [-0.15, -0.1) is 0 Å². The van der Waals surface area contributed by atoms with Gasteiger partial charge in [0.1, 0.15) is 12.4 Å². The third-order valence-electron chi connectivity index (χ3n) is 4.90. The summed E-state index contributed by atoms with van der Waals surface area (Å²) in [6.07, 6.45) is 4.97. The third-order valence-corrected chi connectivity index (χ3v) is 4.90. The summed E-state index contributed by atoms with van der Waals surface area (Å²) >= 11 is 0. The molecule has 0 saturated heterocycles. The molecule has 1 N–H and O–H groups in total. The van der Waals surface area contributed by atoms with Crippen molar-refractivity contribution in [3.8, 4) is 0 Å². The Bertz CT molecular complexity index is 768. The number of carbonyl (C=O) groups is 1. The van der Waals surface area contributed by atoms with E-state index in [4.69, 9.17) is 4.74 Å². The standard InChI is InChI=1S/C18H22N4O2/c1-24-11-16-20-17-9-8-13(10-22(17)21-16)19-18(23)15-7-3-5-12-4-2-6-14(12)15/h3,5,7,13H,2,4,6,8-11H2,1H3,(H,19,23). The molecule has 24 heavy (non-hydrogen) atoms. The zero-order valence-corrected chi connectivity index (χ0v) is 13.9. The van der Waals surface area contributed by atoms with Crippen LogP contribution in [0.5, 0.6) is 0 Å². The number of carbonyl (C=O) groups excluding carboxylic acids is 1. The minimum Gasteiger partial charge on any atom is -0.377 e. The van der Waals surface area contributed by atoms with Crippen LogP contribution in [-0.4, -0.2) is 33.8 Å². The van der Waals surface area contributed by atoms with Crippen molar-refractivity contribution < 1.29 is 9.53 Å². The zero-order chi connectivity index (χ0) is 16.5. The first-order chi connectivity index (χ1) is 11.7. The van der Waals surface area contributed by atoms with Crippen molar-refractivity contribution in [1.82, 2.24) is 20.1 Å². The Kier molecular flexibility index (Phi) is 4.06. The Balaban J connectivity index is 1.46. The largest absolute Gasteiger partial charge is 0.377 e. The zero-order valence-electron chi connectivity index (χ0n) is 13.9. The highest BCUT2D eigenvalue weighted by molar-refractivity contribution is 5.96. The second-order valence-electron chi connectivity index (χ2n) is 6.57. The topological polar surface area (TPSA) is 69.0 Å². The van der Waals surface area contributed by atoms with Gasteiger partial charge in [0.2, 0.25) is 0 Å². The van der Waals surface area contributed by atoms with Gasteiger partial charge in [-0.1, -0.05) is 12.1 Å². The lowest BCUT2D eigenvalue weighted by Gasteiger charge is -2.24. The molecule has 126 valence electrons. The molecule has 1 unspecified atom stereocenters. The number of hydrogen-bond donors (Lipinski definition) is 1. The average Bonchev–Trinajstić information content (AvgIpc) is 3.20. The normalized spacial score (nSPS) is 19.0. The maximum absolute atomic E-state index is 12.7. The number of benzene rings is 1. The van der Waals surface area contributed by atoms with Crippen molar-refractivity contribution in [2.24, 2.45) is 0 Å². The van der Waals surface area contributed by atoms with Crippen LogP contribution in [0, 0.1) is 0 Å². The number of aromatic nitrogens is 3. The van der Waals surface area contributed by atoms with Crippen molar-refractivity contribution in [3.05, 3.63) is 46.5 Å². The van der Waals surface area contributed by atoms with Gasteiger partial charge in [-0.25, -0.2) is 9.67 Å². The molecule has 1 amide bonds. The average molecular weight is 326 g/mol. The van der Waals surface area contributed by atoms with Crippen LogP contribution in [0.1, 0.15) is 46.0 Å². The minimum absolute atomic E-state index is 0.0411. The van der Waals surface area contributed by atoms with Gasteiger partial charge in [-0.3, -0.25) is 4.79 Å².